The highest BCUT2D eigenvalue weighted by Crippen LogP contribution is 2.23. The smallest absolute Gasteiger partial charge is 0.164 e. The Balaban J connectivity index is 2.34. The van der Waals surface area contributed by atoms with E-state index in [0.29, 0.717) is 12.1 Å². The molecule has 2 rings (SSSR count). The van der Waals surface area contributed by atoms with Gasteiger partial charge in [0.15, 0.2) is 6.29 Å². The molecule has 0 N–H and O–H groups in total. The van der Waals surface area contributed by atoms with Crippen molar-refractivity contribution in [2.75, 3.05) is 0 Å². The van der Waals surface area contributed by atoms with Crippen LogP contribution in [0.4, 0.5) is 0 Å². The van der Waals surface area contributed by atoms with E-state index in [0.717, 1.165) is 17.6 Å². The summed E-state index contributed by atoms with van der Waals surface area (Å²) in [7, 11) is 0. The molecule has 0 aliphatic carbocycles. The average molecular weight is 161 g/mol. The van der Waals surface area contributed by atoms with Gasteiger partial charge in [-0.3, -0.25) is 9.79 Å². The van der Waals surface area contributed by atoms with Gasteiger partial charge >= 0.3 is 0 Å². The van der Waals surface area contributed by atoms with E-state index in [4.69, 9.17) is 4.74 Å². The maximum absolute atomic E-state index is 10.4. The molecule has 0 bridgehead atoms. The highest BCUT2D eigenvalue weighted by molar-refractivity contribution is 6.29. The van der Waals surface area contributed by atoms with Gasteiger partial charge in [0, 0.05) is 12.0 Å². The van der Waals surface area contributed by atoms with Crippen LogP contribution in [0.25, 0.3) is 0 Å². The number of aldehydes is 1. The molecule has 0 atom stereocenters. The molecular weight excluding hydrogens is 154 g/mol. The van der Waals surface area contributed by atoms with Crippen molar-refractivity contribution in [3.8, 4) is 0 Å². The number of hydrogen-bond donors (Lipinski definition) is 0. The van der Waals surface area contributed by atoms with Crippen LogP contribution in [0.2, 0.25) is 0 Å². The van der Waals surface area contributed by atoms with Crippen molar-refractivity contribution in [3.05, 3.63) is 35.9 Å². The first kappa shape index (κ1) is 7.03. The molecule has 0 saturated carbocycles. The van der Waals surface area contributed by atoms with E-state index >= 15 is 0 Å². The lowest BCUT2D eigenvalue weighted by Gasteiger charge is -2.15. The zero-order valence-electron chi connectivity index (χ0n) is 6.36. The van der Waals surface area contributed by atoms with Crippen molar-refractivity contribution >= 4 is 12.0 Å². The van der Waals surface area contributed by atoms with Gasteiger partial charge in [-0.2, -0.15) is 0 Å². The highest BCUT2D eigenvalue weighted by Gasteiger charge is 2.14. The molecule has 3 heteroatoms. The predicted molar refractivity (Wildman–Crippen MR) is 44.5 cm³/mol. The molecule has 0 radical (unpaired) electrons. The van der Waals surface area contributed by atoms with Gasteiger partial charge < -0.3 is 4.74 Å². The van der Waals surface area contributed by atoms with Crippen molar-refractivity contribution in [2.24, 2.45) is 4.99 Å². The van der Waals surface area contributed by atoms with Crippen LogP contribution in [0.1, 0.15) is 6.42 Å². The first-order valence-corrected chi connectivity index (χ1v) is 3.65. The molecule has 0 fully saturated rings. The SMILES string of the molecule is O=CC1=NC=C2OC=CC=C2C1. The summed E-state index contributed by atoms with van der Waals surface area (Å²) in [6.07, 6.45) is 8.24. The van der Waals surface area contributed by atoms with Crippen LogP contribution in [0.3, 0.4) is 0 Å². The largest absolute Gasteiger partial charge is 0.463 e. The molecule has 2 aliphatic rings. The molecule has 0 saturated heterocycles. The Kier molecular flexibility index (Phi) is 1.63. The van der Waals surface area contributed by atoms with Gasteiger partial charge in [0.25, 0.3) is 0 Å². The lowest BCUT2D eigenvalue weighted by molar-refractivity contribution is -0.102. The molecule has 0 aromatic carbocycles. The summed E-state index contributed by atoms with van der Waals surface area (Å²) in [6, 6.07) is 0. The number of carbonyl (C=O) groups is 1. The van der Waals surface area contributed by atoms with Gasteiger partial charge in [0.2, 0.25) is 0 Å². The fourth-order valence-electron chi connectivity index (χ4n) is 1.14. The second-order valence-electron chi connectivity index (χ2n) is 2.55. The number of allylic oxidation sites excluding steroid dienone is 3. The van der Waals surface area contributed by atoms with Crippen molar-refractivity contribution in [1.29, 1.82) is 0 Å². The van der Waals surface area contributed by atoms with Gasteiger partial charge in [0.1, 0.15) is 5.76 Å². The lowest BCUT2D eigenvalue weighted by Crippen LogP contribution is -2.09. The van der Waals surface area contributed by atoms with Gasteiger partial charge in [-0.1, -0.05) is 6.08 Å². The number of rotatable bonds is 1. The zero-order chi connectivity index (χ0) is 8.39. The monoisotopic (exact) mass is 161 g/mol. The molecule has 0 aromatic heterocycles. The number of fused-ring (bicyclic) bond motifs is 1. The van der Waals surface area contributed by atoms with Crippen molar-refractivity contribution in [3.63, 3.8) is 0 Å². The van der Waals surface area contributed by atoms with Crippen molar-refractivity contribution < 1.29 is 9.53 Å². The molecule has 0 unspecified atom stereocenters. The van der Waals surface area contributed by atoms with Gasteiger partial charge in [-0.15, -0.1) is 0 Å². The van der Waals surface area contributed by atoms with E-state index in [1.54, 1.807) is 18.5 Å². The van der Waals surface area contributed by atoms with Gasteiger partial charge in [-0.05, 0) is 6.08 Å². The molecular formula is C9H7NO2. The number of aliphatic imine (C=N–C) groups is 1. The fourth-order valence-corrected chi connectivity index (χ4v) is 1.14. The van der Waals surface area contributed by atoms with Crippen LogP contribution < -0.4 is 0 Å². The van der Waals surface area contributed by atoms with Crippen LogP contribution in [-0.2, 0) is 9.53 Å². The third-order valence-corrected chi connectivity index (χ3v) is 1.74. The topological polar surface area (TPSA) is 38.7 Å². The van der Waals surface area contributed by atoms with E-state index < -0.39 is 0 Å². The number of carbonyl (C=O) groups excluding carboxylic acids is 1. The second-order valence-corrected chi connectivity index (χ2v) is 2.55. The van der Waals surface area contributed by atoms with Crippen LogP contribution in [0, 0.1) is 0 Å². The molecule has 0 amide bonds. The first-order chi connectivity index (χ1) is 5.90. The number of nitrogens with zero attached hydrogens (tertiary/aromatic N) is 1. The molecule has 60 valence electrons. The minimum absolute atomic E-state index is 0.545. The summed E-state index contributed by atoms with van der Waals surface area (Å²) in [5.41, 5.74) is 1.55. The molecule has 12 heavy (non-hydrogen) atoms. The molecule has 2 heterocycles. The quantitative estimate of drug-likeness (QED) is 0.544. The Morgan fingerprint density at radius 1 is 1.58 bits per heavy atom. The minimum Gasteiger partial charge on any atom is -0.463 e. The summed E-state index contributed by atoms with van der Waals surface area (Å²) in [4.78, 5) is 14.3. The number of hydrogen-bond acceptors (Lipinski definition) is 3. The minimum atomic E-state index is 0.545. The van der Waals surface area contributed by atoms with E-state index in [1.807, 2.05) is 6.08 Å². The zero-order valence-corrected chi connectivity index (χ0v) is 6.36. The Morgan fingerprint density at radius 2 is 2.50 bits per heavy atom. The Bertz CT molecular complexity index is 334. The van der Waals surface area contributed by atoms with Crippen LogP contribution in [-0.4, -0.2) is 12.0 Å². The molecule has 2 aliphatic heterocycles. The Morgan fingerprint density at radius 3 is 3.33 bits per heavy atom. The average Bonchev–Trinajstić information content (AvgIpc) is 2.17. The highest BCUT2D eigenvalue weighted by atomic mass is 16.5. The summed E-state index contributed by atoms with van der Waals surface area (Å²) in [5, 5.41) is 0. The van der Waals surface area contributed by atoms with Gasteiger partial charge in [0.05, 0.1) is 18.2 Å². The van der Waals surface area contributed by atoms with Crippen molar-refractivity contribution in [1.82, 2.24) is 0 Å². The third kappa shape index (κ3) is 1.09. The van der Waals surface area contributed by atoms with E-state index in [1.165, 1.54) is 0 Å². The normalized spacial score (nSPS) is 19.8. The van der Waals surface area contributed by atoms with E-state index in [2.05, 4.69) is 4.99 Å². The van der Waals surface area contributed by atoms with Crippen molar-refractivity contribution in [2.45, 2.75) is 6.42 Å². The van der Waals surface area contributed by atoms with Crippen LogP contribution >= 0.6 is 0 Å². The first-order valence-electron chi connectivity index (χ1n) is 3.65. The summed E-state index contributed by atoms with van der Waals surface area (Å²) in [5.74, 6) is 0.739. The summed E-state index contributed by atoms with van der Waals surface area (Å²) in [6.45, 7) is 0. The van der Waals surface area contributed by atoms with Crippen LogP contribution in [0.15, 0.2) is 40.9 Å². The lowest BCUT2D eigenvalue weighted by atomic mass is 10.0. The molecule has 0 spiro atoms. The molecule has 3 nitrogen and oxygen atoms in total. The molecule has 0 aromatic rings. The standard InChI is InChI=1S/C9H7NO2/c11-6-8-4-7-2-1-3-12-9(7)5-10-8/h1-3,5-6H,4H2. The second kappa shape index (κ2) is 2.77. The van der Waals surface area contributed by atoms with Crippen LogP contribution in [0.5, 0.6) is 0 Å². The summed E-state index contributed by atoms with van der Waals surface area (Å²) < 4.78 is 5.16. The Hall–Kier alpha value is -1.64. The Labute approximate surface area is 69.7 Å². The maximum Gasteiger partial charge on any atom is 0.164 e. The maximum atomic E-state index is 10.4. The van der Waals surface area contributed by atoms with E-state index in [-0.39, 0.29) is 0 Å². The summed E-state index contributed by atoms with van der Waals surface area (Å²) >= 11 is 0. The van der Waals surface area contributed by atoms with E-state index in [9.17, 15) is 4.79 Å². The third-order valence-electron chi connectivity index (χ3n) is 1.74. The number of ether oxygens (including phenoxy) is 1. The predicted octanol–water partition coefficient (Wildman–Crippen LogP) is 1.34. The van der Waals surface area contributed by atoms with Gasteiger partial charge in [-0.25, -0.2) is 0 Å². The fraction of sp³-hybridized carbons (Fsp3) is 0.111.